The van der Waals surface area contributed by atoms with Crippen LogP contribution in [0.4, 0.5) is 0 Å². The van der Waals surface area contributed by atoms with Crippen molar-refractivity contribution in [3.05, 3.63) is 101 Å². The molecule has 35 heavy (non-hydrogen) atoms. The van der Waals surface area contributed by atoms with Gasteiger partial charge in [-0.2, -0.15) is 0 Å². The first-order valence-electron chi connectivity index (χ1n) is 11.5. The minimum atomic E-state index is -1.11. The van der Waals surface area contributed by atoms with Gasteiger partial charge in [-0.15, -0.1) is 0 Å². The number of amides is 2. The standard InChI is InChI=1S/C27H29N3O5/c28-23(14-18-10-12-22(31)13-11-18)27(33)30-16-21-9-5-4-8-20(21)15-24(30)25(26(32)29-34)35-17-19-6-2-1-3-7-19/h1-13,23-25,31,34H,14-17,28H2,(H,29,32)/t23-,24?,25?/m0/s1. The van der Waals surface area contributed by atoms with E-state index in [-0.39, 0.29) is 31.2 Å². The van der Waals surface area contributed by atoms with Gasteiger partial charge in [0.25, 0.3) is 5.91 Å². The summed E-state index contributed by atoms with van der Waals surface area (Å²) in [5, 5.41) is 19.0. The highest BCUT2D eigenvalue weighted by molar-refractivity contribution is 5.85. The van der Waals surface area contributed by atoms with E-state index in [1.165, 1.54) is 0 Å². The Morgan fingerprint density at radius 1 is 0.971 bits per heavy atom. The Morgan fingerprint density at radius 3 is 2.31 bits per heavy atom. The van der Waals surface area contributed by atoms with E-state index in [9.17, 15) is 19.9 Å². The molecule has 0 saturated carbocycles. The third kappa shape index (κ3) is 5.86. The monoisotopic (exact) mass is 475 g/mol. The van der Waals surface area contributed by atoms with Crippen LogP contribution in [-0.4, -0.2) is 45.2 Å². The Balaban J connectivity index is 1.60. The normalized spacial score (nSPS) is 16.7. The number of carbonyl (C=O) groups is 2. The zero-order chi connectivity index (χ0) is 24.8. The second kappa shape index (κ2) is 11.1. The van der Waals surface area contributed by atoms with Gasteiger partial charge in [-0.1, -0.05) is 66.7 Å². The van der Waals surface area contributed by atoms with Crippen LogP contribution in [0.25, 0.3) is 0 Å². The molecule has 0 bridgehead atoms. The maximum Gasteiger partial charge on any atom is 0.274 e. The largest absolute Gasteiger partial charge is 0.508 e. The molecule has 0 aromatic heterocycles. The summed E-state index contributed by atoms with van der Waals surface area (Å²) in [5.41, 5.74) is 11.7. The SMILES string of the molecule is N[C@@H](Cc1ccc(O)cc1)C(=O)N1Cc2ccccc2CC1C(OCc1ccccc1)C(=O)NO. The second-order valence-electron chi connectivity index (χ2n) is 8.68. The summed E-state index contributed by atoms with van der Waals surface area (Å²) < 4.78 is 5.99. The van der Waals surface area contributed by atoms with Gasteiger partial charge in [0.2, 0.25) is 5.91 Å². The van der Waals surface area contributed by atoms with E-state index in [2.05, 4.69) is 0 Å². The number of fused-ring (bicyclic) bond motifs is 1. The highest BCUT2D eigenvalue weighted by atomic mass is 16.5. The van der Waals surface area contributed by atoms with Crippen molar-refractivity contribution >= 4 is 11.8 Å². The molecule has 0 aliphatic carbocycles. The molecule has 3 aromatic rings. The molecule has 1 heterocycles. The molecule has 0 fully saturated rings. The van der Waals surface area contributed by atoms with Crippen LogP contribution in [-0.2, 0) is 40.3 Å². The fourth-order valence-electron chi connectivity index (χ4n) is 4.43. The van der Waals surface area contributed by atoms with Gasteiger partial charge in [-0.05, 0) is 47.2 Å². The number of phenolic OH excluding ortho intramolecular Hbond substituents is 1. The van der Waals surface area contributed by atoms with Crippen LogP contribution in [0.5, 0.6) is 5.75 Å². The van der Waals surface area contributed by atoms with Crippen LogP contribution in [0.3, 0.4) is 0 Å². The minimum absolute atomic E-state index is 0.134. The van der Waals surface area contributed by atoms with Crippen LogP contribution >= 0.6 is 0 Å². The van der Waals surface area contributed by atoms with Crippen molar-refractivity contribution in [1.29, 1.82) is 0 Å². The maximum atomic E-state index is 13.6. The summed E-state index contributed by atoms with van der Waals surface area (Å²) in [6.45, 7) is 0.408. The number of phenols is 1. The Labute approximate surface area is 203 Å². The third-order valence-corrected chi connectivity index (χ3v) is 6.27. The van der Waals surface area contributed by atoms with E-state index in [0.717, 1.165) is 22.3 Å². The number of aromatic hydroxyl groups is 1. The van der Waals surface area contributed by atoms with Crippen LogP contribution in [0.1, 0.15) is 22.3 Å². The summed E-state index contributed by atoms with van der Waals surface area (Å²) in [6, 6.07) is 22.1. The number of nitrogens with one attached hydrogen (secondary N) is 1. The highest BCUT2D eigenvalue weighted by Gasteiger charge is 2.40. The van der Waals surface area contributed by atoms with Gasteiger partial charge in [0, 0.05) is 6.54 Å². The number of hydroxylamine groups is 1. The molecule has 2 amide bonds. The minimum Gasteiger partial charge on any atom is -0.508 e. The molecule has 4 rings (SSSR count). The van der Waals surface area contributed by atoms with E-state index in [4.69, 9.17) is 10.5 Å². The lowest BCUT2D eigenvalue weighted by Crippen LogP contribution is -2.59. The highest BCUT2D eigenvalue weighted by Crippen LogP contribution is 2.28. The van der Waals surface area contributed by atoms with Gasteiger partial charge in [0.1, 0.15) is 5.75 Å². The average molecular weight is 476 g/mol. The quantitative estimate of drug-likeness (QED) is 0.293. The molecule has 2 unspecified atom stereocenters. The molecule has 8 nitrogen and oxygen atoms in total. The van der Waals surface area contributed by atoms with Crippen molar-refractivity contribution in [1.82, 2.24) is 10.4 Å². The lowest BCUT2D eigenvalue weighted by molar-refractivity contribution is -0.153. The van der Waals surface area contributed by atoms with Crippen molar-refractivity contribution < 1.29 is 24.6 Å². The number of carbonyl (C=O) groups excluding carboxylic acids is 2. The fourth-order valence-corrected chi connectivity index (χ4v) is 4.43. The Bertz CT molecular complexity index is 1150. The molecule has 1 aliphatic rings. The number of nitrogens with zero attached hydrogens (tertiary/aromatic N) is 1. The average Bonchev–Trinajstić information content (AvgIpc) is 2.89. The topological polar surface area (TPSA) is 125 Å². The first-order valence-corrected chi connectivity index (χ1v) is 11.5. The van der Waals surface area contributed by atoms with Crippen molar-refractivity contribution in [3.63, 3.8) is 0 Å². The number of benzene rings is 3. The van der Waals surface area contributed by atoms with Gasteiger partial charge in [-0.3, -0.25) is 14.8 Å². The van der Waals surface area contributed by atoms with Crippen LogP contribution in [0.15, 0.2) is 78.9 Å². The number of hydrogen-bond donors (Lipinski definition) is 4. The summed E-state index contributed by atoms with van der Waals surface area (Å²) in [5.74, 6) is -0.915. The molecule has 8 heteroatoms. The van der Waals surface area contributed by atoms with Gasteiger partial charge in [-0.25, -0.2) is 5.48 Å². The summed E-state index contributed by atoms with van der Waals surface area (Å²) in [4.78, 5) is 27.9. The molecular formula is C27H29N3O5. The van der Waals surface area contributed by atoms with Crippen LogP contribution < -0.4 is 11.2 Å². The molecule has 5 N–H and O–H groups in total. The second-order valence-corrected chi connectivity index (χ2v) is 8.68. The zero-order valence-electron chi connectivity index (χ0n) is 19.2. The number of rotatable bonds is 8. The van der Waals surface area contributed by atoms with Crippen LogP contribution in [0, 0.1) is 0 Å². The van der Waals surface area contributed by atoms with E-state index < -0.39 is 24.1 Å². The van der Waals surface area contributed by atoms with E-state index in [1.54, 1.807) is 34.6 Å². The van der Waals surface area contributed by atoms with Gasteiger partial charge in [0.05, 0.1) is 18.7 Å². The van der Waals surface area contributed by atoms with Gasteiger partial charge in [0.15, 0.2) is 6.10 Å². The Hall–Kier alpha value is -3.72. The van der Waals surface area contributed by atoms with E-state index >= 15 is 0 Å². The lowest BCUT2D eigenvalue weighted by Gasteiger charge is -2.41. The maximum absolute atomic E-state index is 13.6. The van der Waals surface area contributed by atoms with Crippen LogP contribution in [0.2, 0.25) is 0 Å². The van der Waals surface area contributed by atoms with E-state index in [0.29, 0.717) is 6.42 Å². The predicted molar refractivity (Wildman–Crippen MR) is 129 cm³/mol. The molecule has 182 valence electrons. The van der Waals surface area contributed by atoms with E-state index in [1.807, 2.05) is 54.6 Å². The van der Waals surface area contributed by atoms with Crippen molar-refractivity contribution in [3.8, 4) is 5.75 Å². The number of hydrogen-bond acceptors (Lipinski definition) is 6. The smallest absolute Gasteiger partial charge is 0.274 e. The molecular weight excluding hydrogens is 446 g/mol. The summed E-state index contributed by atoms with van der Waals surface area (Å²) in [7, 11) is 0. The molecule has 3 atom stereocenters. The first-order chi connectivity index (χ1) is 17.0. The molecule has 0 radical (unpaired) electrons. The molecule has 3 aromatic carbocycles. The Morgan fingerprint density at radius 2 is 1.63 bits per heavy atom. The number of nitrogens with two attached hydrogens (primary N) is 1. The van der Waals surface area contributed by atoms with Crippen molar-refractivity contribution in [2.24, 2.45) is 5.73 Å². The molecule has 0 spiro atoms. The Kier molecular flexibility index (Phi) is 7.77. The van der Waals surface area contributed by atoms with Gasteiger partial charge >= 0.3 is 0 Å². The van der Waals surface area contributed by atoms with Crippen molar-refractivity contribution in [2.75, 3.05) is 0 Å². The van der Waals surface area contributed by atoms with Crippen molar-refractivity contribution in [2.45, 2.75) is 44.2 Å². The lowest BCUT2D eigenvalue weighted by atomic mass is 9.89. The molecule has 0 saturated heterocycles. The fraction of sp³-hybridized carbons (Fsp3) is 0.259. The molecule has 1 aliphatic heterocycles. The summed E-state index contributed by atoms with van der Waals surface area (Å²) >= 11 is 0. The number of ether oxygens (including phenoxy) is 1. The summed E-state index contributed by atoms with van der Waals surface area (Å²) in [6.07, 6.45) is -0.467. The predicted octanol–water partition coefficient (Wildman–Crippen LogP) is 2.31. The first kappa shape index (κ1) is 24.4. The zero-order valence-corrected chi connectivity index (χ0v) is 19.2. The van der Waals surface area contributed by atoms with Gasteiger partial charge < -0.3 is 20.5 Å². The third-order valence-electron chi connectivity index (χ3n) is 6.27.